The molecule has 0 atom stereocenters. The van der Waals surface area contributed by atoms with E-state index in [1.54, 1.807) is 13.2 Å². The summed E-state index contributed by atoms with van der Waals surface area (Å²) in [6, 6.07) is 7.22. The highest BCUT2D eigenvalue weighted by atomic mass is 32.1. The van der Waals surface area contributed by atoms with Crippen molar-refractivity contribution in [1.29, 1.82) is 0 Å². The molecule has 1 aliphatic rings. The quantitative estimate of drug-likeness (QED) is 0.866. The number of anilines is 1. The van der Waals surface area contributed by atoms with Crippen LogP contribution in [0.5, 0.6) is 5.75 Å². The predicted molar refractivity (Wildman–Crippen MR) is 80.0 cm³/mol. The largest absolute Gasteiger partial charge is 0.496 e. The van der Waals surface area contributed by atoms with Gasteiger partial charge in [0, 0.05) is 16.0 Å². The number of amides is 1. The van der Waals surface area contributed by atoms with Gasteiger partial charge in [0.25, 0.3) is 0 Å². The van der Waals surface area contributed by atoms with Crippen molar-refractivity contribution in [2.45, 2.75) is 6.42 Å². The number of hydrogen-bond donors (Lipinski definition) is 1. The topological polar surface area (TPSA) is 64.6 Å². The molecular weight excluding hydrogens is 290 g/mol. The lowest BCUT2D eigenvalue weighted by atomic mass is 10.0. The van der Waals surface area contributed by atoms with E-state index < -0.39 is 5.97 Å². The van der Waals surface area contributed by atoms with Crippen LogP contribution in [0.3, 0.4) is 0 Å². The van der Waals surface area contributed by atoms with Crippen LogP contribution in [0.15, 0.2) is 24.3 Å². The second-order valence-corrected chi connectivity index (χ2v) is 5.68. The van der Waals surface area contributed by atoms with Crippen LogP contribution in [-0.2, 0) is 16.0 Å². The molecule has 2 aromatic rings. The number of benzene rings is 1. The van der Waals surface area contributed by atoms with E-state index in [4.69, 9.17) is 9.47 Å². The number of methoxy groups -OCH3 is 2. The zero-order valence-electron chi connectivity index (χ0n) is 11.6. The fourth-order valence-corrected chi connectivity index (χ4v) is 3.48. The van der Waals surface area contributed by atoms with Crippen LogP contribution in [0.2, 0.25) is 0 Å². The maximum absolute atomic E-state index is 12.0. The molecule has 1 amide bonds. The first kappa shape index (κ1) is 13.6. The fraction of sp³-hybridized carbons (Fsp3) is 0.200. The Morgan fingerprint density at radius 1 is 1.33 bits per heavy atom. The van der Waals surface area contributed by atoms with E-state index >= 15 is 0 Å². The Kier molecular flexibility index (Phi) is 3.39. The number of nitrogens with one attached hydrogen (secondary N) is 1. The first-order valence-electron chi connectivity index (χ1n) is 6.32. The van der Waals surface area contributed by atoms with Crippen LogP contribution >= 0.6 is 11.3 Å². The van der Waals surface area contributed by atoms with Crippen molar-refractivity contribution in [2.75, 3.05) is 19.5 Å². The number of carbonyl (C=O) groups is 2. The molecule has 0 spiro atoms. The van der Waals surface area contributed by atoms with Gasteiger partial charge in [-0.05, 0) is 18.2 Å². The lowest BCUT2D eigenvalue weighted by Crippen LogP contribution is -2.12. The molecule has 0 radical (unpaired) electrons. The summed E-state index contributed by atoms with van der Waals surface area (Å²) < 4.78 is 10.1. The zero-order valence-corrected chi connectivity index (χ0v) is 12.4. The van der Waals surface area contributed by atoms with E-state index in [1.165, 1.54) is 18.4 Å². The van der Waals surface area contributed by atoms with E-state index in [1.807, 2.05) is 18.2 Å². The van der Waals surface area contributed by atoms with Crippen molar-refractivity contribution >= 4 is 28.9 Å². The maximum Gasteiger partial charge on any atom is 0.348 e. The lowest BCUT2D eigenvalue weighted by Gasteiger charge is -2.11. The Labute approximate surface area is 125 Å². The van der Waals surface area contributed by atoms with Crippen LogP contribution in [0.4, 0.5) is 5.69 Å². The Balaban J connectivity index is 2.25. The molecule has 1 aromatic carbocycles. The molecule has 0 bridgehead atoms. The molecule has 0 saturated carbocycles. The maximum atomic E-state index is 12.0. The van der Waals surface area contributed by atoms with Crippen molar-refractivity contribution in [3.05, 3.63) is 34.0 Å². The molecule has 21 heavy (non-hydrogen) atoms. The Hall–Kier alpha value is -2.34. The summed E-state index contributed by atoms with van der Waals surface area (Å²) in [6.45, 7) is 0. The molecule has 0 fully saturated rings. The van der Waals surface area contributed by atoms with Crippen molar-refractivity contribution in [3.63, 3.8) is 0 Å². The zero-order chi connectivity index (χ0) is 15.0. The molecule has 0 aliphatic carbocycles. The third-order valence-electron chi connectivity index (χ3n) is 3.31. The minimum atomic E-state index is -0.398. The molecular formula is C15H13NO4S. The van der Waals surface area contributed by atoms with Gasteiger partial charge >= 0.3 is 5.97 Å². The van der Waals surface area contributed by atoms with Gasteiger partial charge in [-0.15, -0.1) is 11.3 Å². The molecule has 1 aliphatic heterocycles. The monoisotopic (exact) mass is 303 g/mol. The Bertz CT molecular complexity index is 735. The smallest absolute Gasteiger partial charge is 0.348 e. The van der Waals surface area contributed by atoms with E-state index in [0.29, 0.717) is 16.3 Å². The molecule has 5 nitrogen and oxygen atoms in total. The van der Waals surface area contributed by atoms with Crippen molar-refractivity contribution in [2.24, 2.45) is 0 Å². The van der Waals surface area contributed by atoms with Crippen molar-refractivity contribution < 1.29 is 19.1 Å². The number of carbonyl (C=O) groups excluding carboxylic acids is 2. The summed E-state index contributed by atoms with van der Waals surface area (Å²) in [5.74, 6) is 0.150. The standard InChI is InChI=1S/C15H13NO4S/c1-19-10-5-3-4-9-14(10)8-6-12(15(18)20-2)21-11(8)7-13(17)16-9/h3-6H,7H2,1-2H3,(H,16,17). The molecule has 108 valence electrons. The number of fused-ring (bicyclic) bond motifs is 3. The average molecular weight is 303 g/mol. The summed E-state index contributed by atoms with van der Waals surface area (Å²) in [7, 11) is 2.92. The number of esters is 1. The first-order chi connectivity index (χ1) is 10.1. The third-order valence-corrected chi connectivity index (χ3v) is 4.42. The summed E-state index contributed by atoms with van der Waals surface area (Å²) >= 11 is 1.28. The van der Waals surface area contributed by atoms with Gasteiger partial charge in [0.1, 0.15) is 10.6 Å². The molecule has 0 saturated heterocycles. The normalized spacial score (nSPS) is 12.8. The average Bonchev–Trinajstić information content (AvgIpc) is 2.83. The SMILES string of the molecule is COC(=O)c1cc2c(s1)CC(=O)Nc1cccc(OC)c1-2. The van der Waals surface area contributed by atoms with Crippen LogP contribution in [0.25, 0.3) is 11.1 Å². The Morgan fingerprint density at radius 2 is 2.14 bits per heavy atom. The van der Waals surface area contributed by atoms with Gasteiger partial charge in [-0.25, -0.2) is 4.79 Å². The molecule has 6 heteroatoms. The van der Waals surface area contributed by atoms with Crippen LogP contribution in [0.1, 0.15) is 14.5 Å². The van der Waals surface area contributed by atoms with Crippen LogP contribution < -0.4 is 10.1 Å². The molecule has 2 heterocycles. The van der Waals surface area contributed by atoms with Gasteiger partial charge in [-0.1, -0.05) is 6.07 Å². The highest BCUT2D eigenvalue weighted by molar-refractivity contribution is 7.14. The van der Waals surface area contributed by atoms with E-state index in [2.05, 4.69) is 5.32 Å². The van der Waals surface area contributed by atoms with Gasteiger partial charge in [-0.2, -0.15) is 0 Å². The number of rotatable bonds is 2. The summed E-state index contributed by atoms with van der Waals surface area (Å²) in [5.41, 5.74) is 2.32. The summed E-state index contributed by atoms with van der Waals surface area (Å²) in [6.07, 6.45) is 0.231. The van der Waals surface area contributed by atoms with Crippen molar-refractivity contribution in [3.8, 4) is 16.9 Å². The fourth-order valence-electron chi connectivity index (χ4n) is 2.40. The van der Waals surface area contributed by atoms with Gasteiger partial charge in [-0.3, -0.25) is 4.79 Å². The van der Waals surface area contributed by atoms with Gasteiger partial charge < -0.3 is 14.8 Å². The second kappa shape index (κ2) is 5.21. The number of ether oxygens (including phenoxy) is 2. The summed E-state index contributed by atoms with van der Waals surface area (Å²) in [5, 5.41) is 2.86. The minimum absolute atomic E-state index is 0.110. The highest BCUT2D eigenvalue weighted by Crippen LogP contribution is 2.43. The van der Waals surface area contributed by atoms with Crippen LogP contribution in [0, 0.1) is 0 Å². The van der Waals surface area contributed by atoms with Crippen LogP contribution in [-0.4, -0.2) is 26.1 Å². The lowest BCUT2D eigenvalue weighted by molar-refractivity contribution is -0.115. The number of hydrogen-bond acceptors (Lipinski definition) is 5. The van der Waals surface area contributed by atoms with E-state index in [-0.39, 0.29) is 12.3 Å². The predicted octanol–water partition coefficient (Wildman–Crippen LogP) is 2.70. The van der Waals surface area contributed by atoms with Gasteiger partial charge in [0.2, 0.25) is 5.91 Å². The van der Waals surface area contributed by atoms with Gasteiger partial charge in [0.15, 0.2) is 0 Å². The second-order valence-electron chi connectivity index (χ2n) is 4.55. The highest BCUT2D eigenvalue weighted by Gasteiger charge is 2.25. The Morgan fingerprint density at radius 3 is 2.86 bits per heavy atom. The molecule has 3 rings (SSSR count). The third kappa shape index (κ3) is 2.27. The van der Waals surface area contributed by atoms with E-state index in [0.717, 1.165) is 16.0 Å². The van der Waals surface area contributed by atoms with Gasteiger partial charge in [0.05, 0.1) is 26.3 Å². The minimum Gasteiger partial charge on any atom is -0.496 e. The summed E-state index contributed by atoms with van der Waals surface area (Å²) in [4.78, 5) is 25.0. The first-order valence-corrected chi connectivity index (χ1v) is 7.14. The molecule has 1 N–H and O–H groups in total. The number of thiophene rings is 1. The molecule has 1 aromatic heterocycles. The van der Waals surface area contributed by atoms with E-state index in [9.17, 15) is 9.59 Å². The molecule has 0 unspecified atom stereocenters. The van der Waals surface area contributed by atoms with Crippen molar-refractivity contribution in [1.82, 2.24) is 0 Å².